The third-order valence-electron chi connectivity index (χ3n) is 4.15. The highest BCUT2D eigenvalue weighted by atomic mass is 15.1. The maximum Gasteiger partial charge on any atom is 0.122 e. The van der Waals surface area contributed by atoms with Crippen molar-refractivity contribution >= 4 is 5.82 Å². The highest BCUT2D eigenvalue weighted by Gasteiger charge is 2.28. The SMILES string of the molecule is Cc1c(C#N)c(N)n(C(C)C2CCC2)c1C. The van der Waals surface area contributed by atoms with Crippen LogP contribution in [0.1, 0.15) is 49.0 Å². The second kappa shape index (κ2) is 3.86. The summed E-state index contributed by atoms with van der Waals surface area (Å²) in [6, 6.07) is 2.63. The van der Waals surface area contributed by atoms with Gasteiger partial charge in [0.05, 0.1) is 5.56 Å². The Hall–Kier alpha value is -1.43. The maximum atomic E-state index is 9.09. The maximum absolute atomic E-state index is 9.09. The van der Waals surface area contributed by atoms with E-state index in [9.17, 15) is 0 Å². The van der Waals surface area contributed by atoms with Gasteiger partial charge in [-0.05, 0) is 45.1 Å². The van der Waals surface area contributed by atoms with E-state index in [-0.39, 0.29) is 0 Å². The number of hydrogen-bond acceptors (Lipinski definition) is 2. The molecule has 86 valence electrons. The van der Waals surface area contributed by atoms with Gasteiger partial charge in [0.2, 0.25) is 0 Å². The number of nitrogen functional groups attached to an aromatic ring is 1. The summed E-state index contributed by atoms with van der Waals surface area (Å²) < 4.78 is 2.15. The quantitative estimate of drug-likeness (QED) is 0.828. The molecule has 1 fully saturated rings. The zero-order chi connectivity index (χ0) is 11.9. The van der Waals surface area contributed by atoms with Gasteiger partial charge in [-0.3, -0.25) is 0 Å². The zero-order valence-electron chi connectivity index (χ0n) is 10.2. The second-order valence-electron chi connectivity index (χ2n) is 4.88. The van der Waals surface area contributed by atoms with Gasteiger partial charge < -0.3 is 10.3 Å². The van der Waals surface area contributed by atoms with Crippen LogP contribution in [0.15, 0.2) is 0 Å². The van der Waals surface area contributed by atoms with E-state index < -0.39 is 0 Å². The number of aromatic nitrogens is 1. The molecule has 0 aliphatic heterocycles. The van der Waals surface area contributed by atoms with Crippen molar-refractivity contribution in [2.45, 2.75) is 46.1 Å². The Morgan fingerprint density at radius 1 is 1.44 bits per heavy atom. The van der Waals surface area contributed by atoms with Gasteiger partial charge in [0, 0.05) is 11.7 Å². The standard InChI is InChI=1S/C13H19N3/c1-8-9(2)16(13(15)12(8)7-14)10(3)11-5-4-6-11/h10-11H,4-6,15H2,1-3H3. The average Bonchev–Trinajstić information content (AvgIpc) is 2.35. The normalized spacial score (nSPS) is 17.9. The lowest BCUT2D eigenvalue weighted by Crippen LogP contribution is -2.24. The lowest BCUT2D eigenvalue weighted by molar-refractivity contribution is 0.222. The van der Waals surface area contributed by atoms with E-state index in [0.29, 0.717) is 17.4 Å². The third kappa shape index (κ3) is 1.41. The van der Waals surface area contributed by atoms with Crippen LogP contribution in [-0.2, 0) is 0 Å². The largest absolute Gasteiger partial charge is 0.384 e. The third-order valence-corrected chi connectivity index (χ3v) is 4.15. The van der Waals surface area contributed by atoms with Crippen LogP contribution in [0.25, 0.3) is 0 Å². The summed E-state index contributed by atoms with van der Waals surface area (Å²) in [5, 5.41) is 9.09. The van der Waals surface area contributed by atoms with Gasteiger partial charge in [0.15, 0.2) is 0 Å². The summed E-state index contributed by atoms with van der Waals surface area (Å²) in [7, 11) is 0. The first-order valence-corrected chi connectivity index (χ1v) is 5.94. The van der Waals surface area contributed by atoms with E-state index in [4.69, 9.17) is 11.0 Å². The van der Waals surface area contributed by atoms with Crippen LogP contribution in [0.4, 0.5) is 5.82 Å². The molecule has 1 atom stereocenters. The fourth-order valence-corrected chi connectivity index (χ4v) is 2.65. The Bertz CT molecular complexity index is 447. The summed E-state index contributed by atoms with van der Waals surface area (Å²) in [5.74, 6) is 1.39. The highest BCUT2D eigenvalue weighted by molar-refractivity contribution is 5.58. The van der Waals surface area contributed by atoms with E-state index in [1.165, 1.54) is 19.3 Å². The Labute approximate surface area is 96.9 Å². The predicted octanol–water partition coefficient (Wildman–Crippen LogP) is 2.92. The smallest absolute Gasteiger partial charge is 0.122 e. The molecular weight excluding hydrogens is 198 g/mol. The van der Waals surface area contributed by atoms with E-state index >= 15 is 0 Å². The fraction of sp³-hybridized carbons (Fsp3) is 0.615. The molecule has 0 radical (unpaired) electrons. The van der Waals surface area contributed by atoms with Crippen molar-refractivity contribution in [1.82, 2.24) is 4.57 Å². The first-order chi connectivity index (χ1) is 7.57. The summed E-state index contributed by atoms with van der Waals surface area (Å²) in [6.45, 7) is 6.25. The van der Waals surface area contributed by atoms with Crippen LogP contribution in [0, 0.1) is 31.1 Å². The molecule has 0 spiro atoms. The molecule has 3 heteroatoms. The minimum absolute atomic E-state index is 0.426. The Balaban J connectivity index is 2.44. The van der Waals surface area contributed by atoms with E-state index in [1.54, 1.807) is 0 Å². The molecule has 1 aromatic heterocycles. The van der Waals surface area contributed by atoms with Crippen molar-refractivity contribution < 1.29 is 0 Å². The van der Waals surface area contributed by atoms with Crippen LogP contribution in [0.3, 0.4) is 0 Å². The number of nitriles is 1. The molecule has 0 bridgehead atoms. The Morgan fingerprint density at radius 3 is 2.44 bits per heavy atom. The van der Waals surface area contributed by atoms with Crippen LogP contribution in [0.2, 0.25) is 0 Å². The molecule has 3 nitrogen and oxygen atoms in total. The molecule has 1 aromatic rings. The minimum Gasteiger partial charge on any atom is -0.384 e. The van der Waals surface area contributed by atoms with Crippen molar-refractivity contribution in [1.29, 1.82) is 5.26 Å². The molecule has 0 saturated heterocycles. The number of hydrogen-bond donors (Lipinski definition) is 1. The summed E-state index contributed by atoms with van der Waals surface area (Å²) >= 11 is 0. The predicted molar refractivity (Wildman–Crippen MR) is 65.1 cm³/mol. The summed E-state index contributed by atoms with van der Waals surface area (Å²) in [6.07, 6.45) is 3.91. The van der Waals surface area contributed by atoms with E-state index in [2.05, 4.69) is 24.5 Å². The monoisotopic (exact) mass is 217 g/mol. The first kappa shape index (κ1) is 11.1. The molecule has 1 heterocycles. The topological polar surface area (TPSA) is 54.7 Å². The van der Waals surface area contributed by atoms with Gasteiger partial charge in [-0.1, -0.05) is 6.42 Å². The van der Waals surface area contributed by atoms with Crippen molar-refractivity contribution in [3.8, 4) is 6.07 Å². The lowest BCUT2D eigenvalue weighted by Gasteiger charge is -2.33. The van der Waals surface area contributed by atoms with Crippen molar-refractivity contribution in [2.24, 2.45) is 5.92 Å². The molecule has 1 unspecified atom stereocenters. The molecule has 2 rings (SSSR count). The second-order valence-corrected chi connectivity index (χ2v) is 4.88. The van der Waals surface area contributed by atoms with Crippen LogP contribution in [0.5, 0.6) is 0 Å². The first-order valence-electron chi connectivity index (χ1n) is 5.94. The number of rotatable bonds is 2. The molecule has 16 heavy (non-hydrogen) atoms. The number of anilines is 1. The van der Waals surface area contributed by atoms with Gasteiger partial charge >= 0.3 is 0 Å². The van der Waals surface area contributed by atoms with Crippen molar-refractivity contribution in [2.75, 3.05) is 5.73 Å². The van der Waals surface area contributed by atoms with E-state index in [0.717, 1.165) is 17.2 Å². The van der Waals surface area contributed by atoms with Gasteiger partial charge in [-0.25, -0.2) is 0 Å². The number of nitrogens with two attached hydrogens (primary N) is 1. The van der Waals surface area contributed by atoms with Crippen molar-refractivity contribution in [3.63, 3.8) is 0 Å². The fourth-order valence-electron chi connectivity index (χ4n) is 2.65. The van der Waals surface area contributed by atoms with Crippen LogP contribution < -0.4 is 5.73 Å². The van der Waals surface area contributed by atoms with Gasteiger partial charge in [-0.2, -0.15) is 5.26 Å². The van der Waals surface area contributed by atoms with Crippen LogP contribution in [-0.4, -0.2) is 4.57 Å². The average molecular weight is 217 g/mol. The van der Waals surface area contributed by atoms with Crippen molar-refractivity contribution in [3.05, 3.63) is 16.8 Å². The lowest BCUT2D eigenvalue weighted by atomic mass is 9.80. The molecule has 1 aliphatic rings. The zero-order valence-corrected chi connectivity index (χ0v) is 10.2. The highest BCUT2D eigenvalue weighted by Crippen LogP contribution is 2.39. The Morgan fingerprint density at radius 2 is 2.06 bits per heavy atom. The molecular formula is C13H19N3. The summed E-state index contributed by atoms with van der Waals surface area (Å²) in [5.41, 5.74) is 8.91. The number of nitrogens with zero attached hydrogens (tertiary/aromatic N) is 2. The molecule has 2 N–H and O–H groups in total. The van der Waals surface area contributed by atoms with Gasteiger partial charge in [0.1, 0.15) is 11.9 Å². The minimum atomic E-state index is 0.426. The van der Waals surface area contributed by atoms with E-state index in [1.807, 2.05) is 6.92 Å². The van der Waals surface area contributed by atoms with Crippen LogP contribution >= 0.6 is 0 Å². The Kier molecular flexibility index (Phi) is 2.67. The molecule has 1 saturated carbocycles. The van der Waals surface area contributed by atoms with Gasteiger partial charge in [-0.15, -0.1) is 0 Å². The van der Waals surface area contributed by atoms with Gasteiger partial charge in [0.25, 0.3) is 0 Å². The molecule has 1 aliphatic carbocycles. The summed E-state index contributed by atoms with van der Waals surface area (Å²) in [4.78, 5) is 0. The molecule has 0 amide bonds. The molecule has 0 aromatic carbocycles.